The van der Waals surface area contributed by atoms with Crippen molar-refractivity contribution in [1.29, 1.82) is 0 Å². The molecule has 95 heavy (non-hydrogen) atoms. The Morgan fingerprint density at radius 3 is 1.26 bits per heavy atom. The number of hydrogen-bond acceptors (Lipinski definition) is 24. The summed E-state index contributed by atoms with van der Waals surface area (Å²) < 4.78 is 35.9. The predicted molar refractivity (Wildman–Crippen MR) is 368 cm³/mol. The number of rotatable bonds is 25. The number of carboxylic acid groups (broad SMARTS) is 2. The molecule has 32 heteroatoms. The Balaban J connectivity index is 0.000000170. The van der Waals surface area contributed by atoms with Crippen molar-refractivity contribution in [3.63, 3.8) is 0 Å². The lowest BCUT2D eigenvalue weighted by atomic mass is 10.2. The molecule has 6 aromatic heterocycles. The SMILES string of the molecule is CC(C)Oc1ccc(-c2nc(Sc3n[nH]nc3C(=O)O)cs2)cc1Cl.CCOC(=O)c1nnn(Cc2ccc(OC)cc2)c1Sc1csc(-c2ccc(OC(C)C)c(Cl)c2)n1.COc1ccc(Cn2nnc(C(=O)O)c2Sc2csc(-c3ccc(OC(C)C)c(Cl)c3)n2)cc1. The number of ether oxygens (including phenoxy) is 6. The maximum atomic E-state index is 12.6. The number of aromatic nitrogens is 12. The van der Waals surface area contributed by atoms with Gasteiger partial charge >= 0.3 is 17.9 Å². The summed E-state index contributed by atoms with van der Waals surface area (Å²) in [6.07, 6.45) is 0.0873. The van der Waals surface area contributed by atoms with Crippen molar-refractivity contribution in [2.24, 2.45) is 0 Å². The molecule has 0 fully saturated rings. The number of esters is 1. The number of nitrogens with zero attached hydrogens (tertiary/aromatic N) is 11. The van der Waals surface area contributed by atoms with Crippen LogP contribution >= 0.6 is 104 Å². The first-order valence-corrected chi connectivity index (χ1v) is 34.8. The van der Waals surface area contributed by atoms with Crippen LogP contribution in [0.2, 0.25) is 15.1 Å². The van der Waals surface area contributed by atoms with Crippen LogP contribution in [0, 0.1) is 0 Å². The minimum absolute atomic E-state index is 0.0195. The lowest BCUT2D eigenvalue weighted by molar-refractivity contribution is 0.0513. The Morgan fingerprint density at radius 2 is 0.905 bits per heavy atom. The van der Waals surface area contributed by atoms with Gasteiger partial charge in [0, 0.05) is 32.8 Å². The van der Waals surface area contributed by atoms with E-state index in [4.69, 9.17) is 73.3 Å². The fraction of sp³-hybridized carbons (Fsp3) is 0.238. The van der Waals surface area contributed by atoms with Gasteiger partial charge in [-0.1, -0.05) is 69.5 Å². The molecule has 23 nitrogen and oxygen atoms in total. The highest BCUT2D eigenvalue weighted by atomic mass is 35.5. The Hall–Kier alpha value is -8.26. The van der Waals surface area contributed by atoms with Crippen molar-refractivity contribution in [2.75, 3.05) is 20.8 Å². The summed E-state index contributed by atoms with van der Waals surface area (Å²) >= 11 is 27.1. The summed E-state index contributed by atoms with van der Waals surface area (Å²) in [5.41, 5.74) is 4.41. The number of carbonyl (C=O) groups is 3. The average molecular weight is 1460 g/mol. The van der Waals surface area contributed by atoms with Gasteiger partial charge in [-0.25, -0.2) is 38.7 Å². The van der Waals surface area contributed by atoms with Gasteiger partial charge in [-0.2, -0.15) is 5.21 Å². The van der Waals surface area contributed by atoms with Crippen LogP contribution in [0.4, 0.5) is 0 Å². The van der Waals surface area contributed by atoms with E-state index < -0.39 is 17.9 Å². The smallest absolute Gasteiger partial charge is 0.361 e. The fourth-order valence-corrected chi connectivity index (χ4v) is 14.4. The standard InChI is InChI=1S/C25H25ClN4O4S2.C23H21ClN4O4S2.C15H13ClN4O3S2/c1-5-33-25(31)22-24(30(29-28-22)13-16-6-9-18(32-4)10-7-16)36-21-14-35-23(27-21)17-8-11-20(19(26)12-17)34-15(2)3;1-13(2)32-18-9-6-15(10-17(18)24)21-25-19(12-33-21)34-22-20(23(29)30)26-27-28(22)11-14-4-7-16(31-3)8-5-14;1-7(2)23-10-4-3-8(5-9(10)16)13-17-11(6-24-13)25-14-12(15(21)22)18-20-19-14/h6-12,14-15H,5,13H2,1-4H3;4-10,12-13H,11H2,1-3H3,(H,29,30);3-7H,1-2H3,(H,21,22)(H,18,19,20). The summed E-state index contributed by atoms with van der Waals surface area (Å²) in [6, 6.07) is 31.7. The summed E-state index contributed by atoms with van der Waals surface area (Å²) in [5, 5.41) is 57.3. The van der Waals surface area contributed by atoms with Gasteiger partial charge in [-0.15, -0.1) is 54.4 Å². The number of methoxy groups -OCH3 is 2. The molecular formula is C63H59Cl3N12O11S6. The number of benzene rings is 5. The highest BCUT2D eigenvalue weighted by molar-refractivity contribution is 7.99. The molecule has 0 aliphatic rings. The highest BCUT2D eigenvalue weighted by Gasteiger charge is 2.26. The maximum Gasteiger partial charge on any atom is 0.361 e. The number of hydrogen-bond donors (Lipinski definition) is 3. The van der Waals surface area contributed by atoms with Crippen molar-refractivity contribution < 1.29 is 53.0 Å². The molecule has 0 radical (unpaired) electrons. The first-order valence-electron chi connectivity index (χ1n) is 28.6. The molecule has 0 saturated carbocycles. The fourth-order valence-electron chi connectivity index (χ4n) is 8.28. The molecule has 11 rings (SSSR count). The monoisotopic (exact) mass is 1460 g/mol. The van der Waals surface area contributed by atoms with E-state index in [1.54, 1.807) is 36.6 Å². The maximum absolute atomic E-state index is 12.6. The average Bonchev–Trinajstić information content (AvgIpc) is 1.82. The lowest BCUT2D eigenvalue weighted by Crippen LogP contribution is -2.08. The van der Waals surface area contributed by atoms with E-state index in [9.17, 15) is 19.5 Å². The molecule has 0 amide bonds. The van der Waals surface area contributed by atoms with Crippen LogP contribution in [-0.4, -0.2) is 128 Å². The van der Waals surface area contributed by atoms with Gasteiger partial charge in [0.1, 0.15) is 68.9 Å². The number of aromatic carboxylic acids is 2. The summed E-state index contributed by atoms with van der Waals surface area (Å²) in [6.45, 7) is 14.4. The number of thiazole rings is 3. The summed E-state index contributed by atoms with van der Waals surface area (Å²) in [5.74, 6) is 0.565. The number of H-pyrrole nitrogens is 1. The lowest BCUT2D eigenvalue weighted by Gasteiger charge is -2.11. The zero-order chi connectivity index (χ0) is 67.9. The largest absolute Gasteiger partial charge is 0.497 e. The van der Waals surface area contributed by atoms with Gasteiger partial charge in [-0.3, -0.25) is 0 Å². The van der Waals surface area contributed by atoms with E-state index in [0.29, 0.717) is 70.5 Å². The van der Waals surface area contributed by atoms with E-state index in [0.717, 1.165) is 66.1 Å². The number of halogens is 3. The third-order valence-electron chi connectivity index (χ3n) is 12.4. The third kappa shape index (κ3) is 19.2. The predicted octanol–water partition coefficient (Wildman–Crippen LogP) is 16.2. The van der Waals surface area contributed by atoms with Crippen molar-refractivity contribution >= 4 is 122 Å². The Bertz CT molecular complexity index is 4420. The van der Waals surface area contributed by atoms with Gasteiger partial charge in [-0.05, 0) is 174 Å². The first-order chi connectivity index (χ1) is 45.6. The summed E-state index contributed by atoms with van der Waals surface area (Å²) in [7, 11) is 3.22. The van der Waals surface area contributed by atoms with Crippen molar-refractivity contribution in [2.45, 2.75) is 110 Å². The molecule has 0 aliphatic heterocycles. The second kappa shape index (κ2) is 33.4. The van der Waals surface area contributed by atoms with E-state index in [-0.39, 0.29) is 47.0 Å². The van der Waals surface area contributed by atoms with Crippen LogP contribution in [-0.2, 0) is 17.8 Å². The molecule has 3 N–H and O–H groups in total. The van der Waals surface area contributed by atoms with Gasteiger partial charge in [0.05, 0.1) is 67.3 Å². The summed E-state index contributed by atoms with van der Waals surface area (Å²) in [4.78, 5) is 49.3. The van der Waals surface area contributed by atoms with E-state index in [2.05, 4.69) is 46.0 Å². The molecule has 494 valence electrons. The van der Waals surface area contributed by atoms with Gasteiger partial charge in [0.15, 0.2) is 5.03 Å². The third-order valence-corrected chi connectivity index (χ3v) is 19.4. The molecule has 0 bridgehead atoms. The number of nitrogens with one attached hydrogen (secondary N) is 1. The minimum Gasteiger partial charge on any atom is -0.497 e. The van der Waals surface area contributed by atoms with Crippen LogP contribution in [0.15, 0.2) is 149 Å². The van der Waals surface area contributed by atoms with Crippen molar-refractivity contribution in [1.82, 2.24) is 60.4 Å². The Kier molecular flexibility index (Phi) is 25.0. The van der Waals surface area contributed by atoms with Crippen LogP contribution in [0.3, 0.4) is 0 Å². The number of carbonyl (C=O) groups excluding carboxylic acids is 1. The van der Waals surface area contributed by atoms with E-state index in [1.165, 1.54) is 57.5 Å². The number of carboxylic acids is 2. The second-order valence-electron chi connectivity index (χ2n) is 20.5. The van der Waals surface area contributed by atoms with Gasteiger partial charge < -0.3 is 38.6 Å². The Labute approximate surface area is 584 Å². The zero-order valence-corrected chi connectivity index (χ0v) is 59.1. The van der Waals surface area contributed by atoms with E-state index in [1.807, 2.05) is 155 Å². The number of aromatic amines is 1. The molecule has 0 saturated heterocycles. The van der Waals surface area contributed by atoms with E-state index >= 15 is 0 Å². The molecule has 11 aromatic rings. The van der Waals surface area contributed by atoms with Crippen molar-refractivity contribution in [3.05, 3.63) is 163 Å². The normalized spacial score (nSPS) is 11.1. The van der Waals surface area contributed by atoms with Crippen LogP contribution in [0.25, 0.3) is 31.7 Å². The molecule has 5 aromatic carbocycles. The Morgan fingerprint density at radius 1 is 0.526 bits per heavy atom. The molecule has 6 heterocycles. The highest BCUT2D eigenvalue weighted by Crippen LogP contribution is 2.40. The second-order valence-corrected chi connectivity index (χ2v) is 27.3. The topological polar surface area (TPSA) is 289 Å². The van der Waals surface area contributed by atoms with Crippen LogP contribution in [0.5, 0.6) is 28.7 Å². The molecule has 0 atom stereocenters. The quantitative estimate of drug-likeness (QED) is 0.0448. The molecule has 0 spiro atoms. The van der Waals surface area contributed by atoms with Crippen molar-refractivity contribution in [3.8, 4) is 60.5 Å². The molecule has 0 aliphatic carbocycles. The van der Waals surface area contributed by atoms with Crippen LogP contribution in [0.1, 0.15) is 91.1 Å². The molecular weight excluding hydrogens is 1400 g/mol. The zero-order valence-electron chi connectivity index (χ0n) is 52.0. The first kappa shape index (κ1) is 71.0. The minimum atomic E-state index is -1.15. The van der Waals surface area contributed by atoms with Crippen LogP contribution < -0.4 is 23.7 Å². The van der Waals surface area contributed by atoms with Gasteiger partial charge in [0.2, 0.25) is 17.1 Å². The molecule has 0 unspecified atom stereocenters. The van der Waals surface area contributed by atoms with Gasteiger partial charge in [0.25, 0.3) is 0 Å².